The normalized spacial score (nSPS) is 11.3. The summed E-state index contributed by atoms with van der Waals surface area (Å²) in [6.45, 7) is 3.54. The zero-order chi connectivity index (χ0) is 41.2. The van der Waals surface area contributed by atoms with Crippen molar-refractivity contribution in [3.05, 3.63) is 148 Å². The van der Waals surface area contributed by atoms with Gasteiger partial charge in [-0.15, -0.1) is 0 Å². The van der Waals surface area contributed by atoms with Crippen LogP contribution in [0.3, 0.4) is 0 Å². The number of aromatic nitrogens is 1. The molecule has 0 saturated heterocycles. The standard InChI is InChI=1S/C44H41N5O8/c1-26(2)57-42-33(14-17-35(41(42)54)38(51)21-29-18-19-49(3)25-29)22-37(50)30-8-4-27(5-9-30)20-39(52)36(23-40(46)53)48-44(56)32-12-15-34(16-13-32)47-43(55)31-10-6-28(24-45)7-11-31/h4-19,25-26,36,54H,20-23H2,1-3H3,(H2,46,53)(H,47,55)(H,48,56)/t36-/m0/s1. The number of primary amides is 1. The molecule has 5 aromatic rings. The largest absolute Gasteiger partial charge is 0.504 e. The minimum atomic E-state index is -1.23. The molecule has 0 aliphatic heterocycles. The summed E-state index contributed by atoms with van der Waals surface area (Å²) in [6.07, 6.45) is 2.62. The van der Waals surface area contributed by atoms with Gasteiger partial charge < -0.3 is 30.8 Å². The molecule has 1 atom stereocenters. The number of aryl methyl sites for hydroxylation is 1. The van der Waals surface area contributed by atoms with Gasteiger partial charge in [0.2, 0.25) is 5.91 Å². The smallest absolute Gasteiger partial charge is 0.255 e. The minimum Gasteiger partial charge on any atom is -0.504 e. The van der Waals surface area contributed by atoms with Crippen molar-refractivity contribution in [2.24, 2.45) is 12.8 Å². The first-order valence-corrected chi connectivity index (χ1v) is 18.0. The molecule has 57 heavy (non-hydrogen) atoms. The number of nitrogens with two attached hydrogens (primary N) is 1. The zero-order valence-corrected chi connectivity index (χ0v) is 31.6. The number of Topliss-reactive ketones (excluding diaryl/α,β-unsaturated/α-hetero) is 3. The summed E-state index contributed by atoms with van der Waals surface area (Å²) in [6, 6.07) is 23.9. The molecule has 1 heterocycles. The lowest BCUT2D eigenvalue weighted by atomic mass is 9.96. The highest BCUT2D eigenvalue weighted by Crippen LogP contribution is 2.36. The third-order valence-electron chi connectivity index (χ3n) is 8.91. The molecule has 13 heteroatoms. The quantitative estimate of drug-likeness (QED) is 0.0906. The Morgan fingerprint density at radius 3 is 2.00 bits per heavy atom. The zero-order valence-electron chi connectivity index (χ0n) is 31.6. The van der Waals surface area contributed by atoms with Gasteiger partial charge in [-0.1, -0.05) is 30.3 Å². The molecular weight excluding hydrogens is 727 g/mol. The molecule has 290 valence electrons. The van der Waals surface area contributed by atoms with Crippen LogP contribution in [0.4, 0.5) is 5.69 Å². The lowest BCUT2D eigenvalue weighted by Crippen LogP contribution is -2.44. The third kappa shape index (κ3) is 10.9. The van der Waals surface area contributed by atoms with E-state index in [-0.39, 0.29) is 59.6 Å². The summed E-state index contributed by atoms with van der Waals surface area (Å²) in [5.41, 5.74) is 8.85. The fourth-order valence-corrected chi connectivity index (χ4v) is 5.99. The van der Waals surface area contributed by atoms with Crippen LogP contribution in [0, 0.1) is 11.3 Å². The van der Waals surface area contributed by atoms with Crippen LogP contribution in [0.1, 0.15) is 84.0 Å². The van der Waals surface area contributed by atoms with E-state index in [4.69, 9.17) is 15.7 Å². The van der Waals surface area contributed by atoms with Crippen molar-refractivity contribution in [1.29, 1.82) is 5.26 Å². The Balaban J connectivity index is 1.21. The number of phenolic OH excluding ortho intramolecular Hbond substituents is 1. The molecule has 0 unspecified atom stereocenters. The van der Waals surface area contributed by atoms with Crippen LogP contribution >= 0.6 is 0 Å². The molecule has 1 aromatic heterocycles. The third-order valence-corrected chi connectivity index (χ3v) is 8.91. The number of anilines is 1. The lowest BCUT2D eigenvalue weighted by Gasteiger charge is -2.18. The predicted octanol–water partition coefficient (Wildman–Crippen LogP) is 5.28. The van der Waals surface area contributed by atoms with E-state index in [1.54, 1.807) is 44.2 Å². The second-order valence-electron chi connectivity index (χ2n) is 13.8. The molecule has 0 radical (unpaired) electrons. The van der Waals surface area contributed by atoms with Gasteiger partial charge in [-0.2, -0.15) is 5.26 Å². The molecular formula is C44H41N5O8. The Kier molecular flexibility index (Phi) is 13.1. The highest BCUT2D eigenvalue weighted by atomic mass is 16.5. The van der Waals surface area contributed by atoms with E-state index in [2.05, 4.69) is 10.6 Å². The number of nitriles is 1. The van der Waals surface area contributed by atoms with Crippen molar-refractivity contribution in [3.63, 3.8) is 0 Å². The number of phenols is 1. The van der Waals surface area contributed by atoms with E-state index in [1.165, 1.54) is 54.6 Å². The van der Waals surface area contributed by atoms with Crippen molar-refractivity contribution >= 4 is 40.8 Å². The first-order valence-electron chi connectivity index (χ1n) is 18.0. The highest BCUT2D eigenvalue weighted by molar-refractivity contribution is 6.05. The summed E-state index contributed by atoms with van der Waals surface area (Å²) in [7, 11) is 1.85. The van der Waals surface area contributed by atoms with E-state index in [1.807, 2.05) is 36.1 Å². The highest BCUT2D eigenvalue weighted by Gasteiger charge is 2.25. The van der Waals surface area contributed by atoms with Crippen molar-refractivity contribution in [2.75, 3.05) is 5.32 Å². The summed E-state index contributed by atoms with van der Waals surface area (Å²) in [4.78, 5) is 77.4. The van der Waals surface area contributed by atoms with E-state index >= 15 is 0 Å². The SMILES string of the molecule is CC(C)Oc1c(CC(=O)c2ccc(CC(=O)[C@H](CC(N)=O)NC(=O)c3ccc(NC(=O)c4ccc(C#N)cc4)cc3)cc2)ccc(C(=O)Cc2ccn(C)c2)c1O. The molecule has 5 N–H and O–H groups in total. The number of ketones is 3. The number of hydrogen-bond acceptors (Lipinski definition) is 9. The van der Waals surface area contributed by atoms with Crippen LogP contribution in [0.15, 0.2) is 103 Å². The fraction of sp³-hybridized carbons (Fsp3) is 0.205. The molecule has 0 bridgehead atoms. The molecule has 0 saturated carbocycles. The van der Waals surface area contributed by atoms with Crippen LogP contribution in [-0.2, 0) is 35.9 Å². The first kappa shape index (κ1) is 40.8. The summed E-state index contributed by atoms with van der Waals surface area (Å²) in [5, 5.41) is 25.3. The van der Waals surface area contributed by atoms with Gasteiger partial charge in [0.05, 0.1) is 35.8 Å². The van der Waals surface area contributed by atoms with Crippen LogP contribution in [0.25, 0.3) is 0 Å². The molecule has 0 spiro atoms. The maximum Gasteiger partial charge on any atom is 0.255 e. The van der Waals surface area contributed by atoms with Gasteiger partial charge in [0, 0.05) is 66.6 Å². The van der Waals surface area contributed by atoms with E-state index < -0.39 is 36.0 Å². The molecule has 0 aliphatic rings. The molecule has 0 fully saturated rings. The van der Waals surface area contributed by atoms with Crippen LogP contribution < -0.4 is 21.1 Å². The van der Waals surface area contributed by atoms with Crippen molar-refractivity contribution in [1.82, 2.24) is 9.88 Å². The number of amides is 3. The predicted molar refractivity (Wildman–Crippen MR) is 211 cm³/mol. The van der Waals surface area contributed by atoms with E-state index in [0.717, 1.165) is 5.56 Å². The van der Waals surface area contributed by atoms with Crippen LogP contribution in [0.5, 0.6) is 11.5 Å². The van der Waals surface area contributed by atoms with Gasteiger partial charge in [0.15, 0.2) is 28.8 Å². The Bertz CT molecular complexity index is 2360. The molecule has 13 nitrogen and oxygen atoms in total. The van der Waals surface area contributed by atoms with Gasteiger partial charge in [0.1, 0.15) is 0 Å². The molecule has 4 aromatic carbocycles. The Labute approximate surface area is 329 Å². The number of ether oxygens (including phenoxy) is 1. The monoisotopic (exact) mass is 767 g/mol. The minimum absolute atomic E-state index is 0.0596. The maximum absolute atomic E-state index is 13.4. The number of carbonyl (C=O) groups excluding carboxylic acids is 6. The topological polar surface area (TPSA) is 211 Å². The maximum atomic E-state index is 13.4. The first-order chi connectivity index (χ1) is 27.2. The van der Waals surface area contributed by atoms with Crippen molar-refractivity contribution in [2.45, 2.75) is 51.7 Å². The van der Waals surface area contributed by atoms with Gasteiger partial charge in [-0.05, 0) is 85.6 Å². The number of nitrogens with zero attached hydrogens (tertiary/aromatic N) is 2. The molecule has 0 aliphatic carbocycles. The Hall–Kier alpha value is -7.33. The summed E-state index contributed by atoms with van der Waals surface area (Å²) >= 11 is 0. The summed E-state index contributed by atoms with van der Waals surface area (Å²) < 4.78 is 7.71. The van der Waals surface area contributed by atoms with Crippen LogP contribution in [-0.4, -0.2) is 56.9 Å². The van der Waals surface area contributed by atoms with Gasteiger partial charge in [0.25, 0.3) is 11.8 Å². The summed E-state index contributed by atoms with van der Waals surface area (Å²) in [5.74, 6) is -3.20. The molecule has 3 amide bonds. The number of aromatic hydroxyl groups is 1. The Morgan fingerprint density at radius 1 is 0.772 bits per heavy atom. The van der Waals surface area contributed by atoms with Gasteiger partial charge >= 0.3 is 0 Å². The van der Waals surface area contributed by atoms with E-state index in [9.17, 15) is 33.9 Å². The van der Waals surface area contributed by atoms with Gasteiger partial charge in [-0.3, -0.25) is 28.8 Å². The fourth-order valence-electron chi connectivity index (χ4n) is 5.99. The van der Waals surface area contributed by atoms with E-state index in [0.29, 0.717) is 33.5 Å². The number of nitrogens with one attached hydrogen (secondary N) is 2. The number of benzene rings is 4. The average Bonchev–Trinajstić information content (AvgIpc) is 3.59. The second kappa shape index (κ2) is 18.3. The number of rotatable bonds is 17. The van der Waals surface area contributed by atoms with Crippen LogP contribution in [0.2, 0.25) is 0 Å². The lowest BCUT2D eigenvalue weighted by molar-refractivity contribution is -0.125. The number of carbonyl (C=O) groups is 6. The second-order valence-corrected chi connectivity index (χ2v) is 13.8. The van der Waals surface area contributed by atoms with Gasteiger partial charge in [-0.25, -0.2) is 0 Å². The van der Waals surface area contributed by atoms with Crippen molar-refractivity contribution < 1.29 is 38.6 Å². The number of hydrogen-bond donors (Lipinski definition) is 4. The van der Waals surface area contributed by atoms with Crippen molar-refractivity contribution in [3.8, 4) is 17.6 Å². The molecule has 5 rings (SSSR count). The average molecular weight is 768 g/mol. The Morgan fingerprint density at radius 2 is 1.40 bits per heavy atom.